The molecule has 0 bridgehead atoms. The van der Waals surface area contributed by atoms with Crippen LogP contribution in [0.25, 0.3) is 0 Å². The minimum absolute atomic E-state index is 0.222. The van der Waals surface area contributed by atoms with Gasteiger partial charge in [0.05, 0.1) is 6.61 Å². The van der Waals surface area contributed by atoms with E-state index in [1.807, 2.05) is 6.92 Å². The van der Waals surface area contributed by atoms with Crippen molar-refractivity contribution in [3.05, 3.63) is 0 Å². The molecule has 0 unspecified atom stereocenters. The van der Waals surface area contributed by atoms with E-state index < -0.39 is 11.5 Å². The van der Waals surface area contributed by atoms with Crippen LogP contribution in [0.15, 0.2) is 0 Å². The summed E-state index contributed by atoms with van der Waals surface area (Å²) in [5.41, 5.74) is -1.06. The van der Waals surface area contributed by atoms with Crippen molar-refractivity contribution in [1.29, 1.82) is 0 Å². The molecule has 2 N–H and O–H groups in total. The van der Waals surface area contributed by atoms with Crippen LogP contribution in [0.4, 0.5) is 0 Å². The van der Waals surface area contributed by atoms with Crippen molar-refractivity contribution in [1.82, 2.24) is 5.32 Å². The summed E-state index contributed by atoms with van der Waals surface area (Å²) < 4.78 is 5.25. The molecule has 110 valence electrons. The summed E-state index contributed by atoms with van der Waals surface area (Å²) in [5, 5.41) is 12.2. The zero-order valence-electron chi connectivity index (χ0n) is 11.7. The Bertz CT molecular complexity index is 296. The van der Waals surface area contributed by atoms with Gasteiger partial charge in [0, 0.05) is 13.0 Å². The van der Waals surface area contributed by atoms with E-state index >= 15 is 0 Å². The topological polar surface area (TPSA) is 75.6 Å². The Balaban J connectivity index is 2.48. The number of ether oxygens (including phenoxy) is 1. The molecule has 0 aromatic heterocycles. The van der Waals surface area contributed by atoms with Gasteiger partial charge in [-0.2, -0.15) is 0 Å². The SMILES string of the molecule is CCCOCCC(=O)NC1(C(=O)O)CCCCCC1. The summed E-state index contributed by atoms with van der Waals surface area (Å²) in [4.78, 5) is 23.3. The summed E-state index contributed by atoms with van der Waals surface area (Å²) in [6, 6.07) is 0. The third kappa shape index (κ3) is 5.19. The fraction of sp³-hybridized carbons (Fsp3) is 0.857. The number of nitrogens with one attached hydrogen (secondary N) is 1. The summed E-state index contributed by atoms with van der Waals surface area (Å²) >= 11 is 0. The molecule has 0 spiro atoms. The molecule has 1 aliphatic rings. The van der Waals surface area contributed by atoms with E-state index in [0.29, 0.717) is 26.1 Å². The smallest absolute Gasteiger partial charge is 0.329 e. The lowest BCUT2D eigenvalue weighted by Crippen LogP contribution is -2.54. The molecule has 19 heavy (non-hydrogen) atoms. The third-order valence-corrected chi connectivity index (χ3v) is 3.57. The van der Waals surface area contributed by atoms with E-state index in [1.165, 1.54) is 0 Å². The van der Waals surface area contributed by atoms with Crippen LogP contribution >= 0.6 is 0 Å². The third-order valence-electron chi connectivity index (χ3n) is 3.57. The molecular weight excluding hydrogens is 246 g/mol. The molecule has 5 nitrogen and oxygen atoms in total. The van der Waals surface area contributed by atoms with Crippen molar-refractivity contribution in [2.24, 2.45) is 0 Å². The van der Waals surface area contributed by atoms with Crippen LogP contribution < -0.4 is 5.32 Å². The minimum atomic E-state index is -1.06. The summed E-state index contributed by atoms with van der Waals surface area (Å²) in [6.45, 7) is 3.00. The summed E-state index contributed by atoms with van der Waals surface area (Å²) in [5.74, 6) is -1.13. The first-order valence-corrected chi connectivity index (χ1v) is 7.23. The highest BCUT2D eigenvalue weighted by molar-refractivity contribution is 5.87. The molecular formula is C14H25NO4. The number of carbonyl (C=O) groups excluding carboxylic acids is 1. The minimum Gasteiger partial charge on any atom is -0.480 e. The fourth-order valence-electron chi connectivity index (χ4n) is 2.47. The van der Waals surface area contributed by atoms with Crippen LogP contribution in [0, 0.1) is 0 Å². The Morgan fingerprint density at radius 2 is 1.79 bits per heavy atom. The van der Waals surface area contributed by atoms with Gasteiger partial charge in [0.15, 0.2) is 0 Å². The Morgan fingerprint density at radius 3 is 2.32 bits per heavy atom. The van der Waals surface area contributed by atoms with Crippen LogP contribution in [-0.2, 0) is 14.3 Å². The van der Waals surface area contributed by atoms with Crippen LogP contribution in [0.2, 0.25) is 0 Å². The lowest BCUT2D eigenvalue weighted by Gasteiger charge is -2.29. The first-order valence-electron chi connectivity index (χ1n) is 7.23. The van der Waals surface area contributed by atoms with Gasteiger partial charge in [-0.05, 0) is 19.3 Å². The highest BCUT2D eigenvalue weighted by Crippen LogP contribution is 2.27. The van der Waals surface area contributed by atoms with E-state index in [2.05, 4.69) is 5.32 Å². The number of rotatable bonds is 7. The number of aliphatic carboxylic acids is 1. The van der Waals surface area contributed by atoms with E-state index in [-0.39, 0.29) is 12.3 Å². The molecule has 5 heteroatoms. The molecule has 0 aromatic carbocycles. The van der Waals surface area contributed by atoms with Crippen molar-refractivity contribution in [3.8, 4) is 0 Å². The van der Waals surface area contributed by atoms with Crippen LogP contribution in [0.1, 0.15) is 58.3 Å². The normalized spacial score (nSPS) is 18.6. The maximum atomic E-state index is 11.8. The number of carboxylic acid groups (broad SMARTS) is 1. The lowest BCUT2D eigenvalue weighted by molar-refractivity contribution is -0.148. The monoisotopic (exact) mass is 271 g/mol. The van der Waals surface area contributed by atoms with Gasteiger partial charge in [-0.25, -0.2) is 4.79 Å². The Kier molecular flexibility index (Phi) is 6.84. The number of hydrogen-bond acceptors (Lipinski definition) is 3. The molecule has 0 aromatic rings. The van der Waals surface area contributed by atoms with Crippen LogP contribution in [0.5, 0.6) is 0 Å². The fourth-order valence-corrected chi connectivity index (χ4v) is 2.47. The highest BCUT2D eigenvalue weighted by atomic mass is 16.5. The molecule has 0 saturated heterocycles. The first-order chi connectivity index (χ1) is 9.10. The molecule has 1 amide bonds. The van der Waals surface area contributed by atoms with Gasteiger partial charge in [-0.1, -0.05) is 32.6 Å². The number of carbonyl (C=O) groups is 2. The van der Waals surface area contributed by atoms with E-state index in [9.17, 15) is 14.7 Å². The second kappa shape index (κ2) is 8.15. The van der Waals surface area contributed by atoms with Crippen LogP contribution in [0.3, 0.4) is 0 Å². The van der Waals surface area contributed by atoms with Gasteiger partial charge in [0.1, 0.15) is 5.54 Å². The lowest BCUT2D eigenvalue weighted by atomic mass is 9.90. The molecule has 0 atom stereocenters. The van der Waals surface area contributed by atoms with Gasteiger partial charge in [-0.15, -0.1) is 0 Å². The van der Waals surface area contributed by atoms with Gasteiger partial charge in [-0.3, -0.25) is 4.79 Å². The second-order valence-electron chi connectivity index (χ2n) is 5.21. The number of hydrogen-bond donors (Lipinski definition) is 2. The quantitative estimate of drug-likeness (QED) is 0.549. The van der Waals surface area contributed by atoms with E-state index in [1.54, 1.807) is 0 Å². The van der Waals surface area contributed by atoms with Gasteiger partial charge < -0.3 is 15.2 Å². The maximum Gasteiger partial charge on any atom is 0.329 e. The molecule has 0 aliphatic heterocycles. The standard InChI is InChI=1S/C14H25NO4/c1-2-10-19-11-7-12(16)15-14(13(17)18)8-5-3-4-6-9-14/h2-11H2,1H3,(H,15,16)(H,17,18). The Morgan fingerprint density at radius 1 is 1.16 bits per heavy atom. The van der Waals surface area contributed by atoms with Crippen molar-refractivity contribution in [2.45, 2.75) is 63.8 Å². The van der Waals surface area contributed by atoms with Crippen LogP contribution in [-0.4, -0.2) is 35.7 Å². The molecule has 1 saturated carbocycles. The molecule has 1 rings (SSSR count). The maximum absolute atomic E-state index is 11.8. The van der Waals surface area contributed by atoms with Crippen molar-refractivity contribution in [2.75, 3.05) is 13.2 Å². The molecule has 0 radical (unpaired) electrons. The van der Waals surface area contributed by atoms with Gasteiger partial charge >= 0.3 is 5.97 Å². The Hall–Kier alpha value is -1.10. The number of carboxylic acids is 1. The average Bonchev–Trinajstić information content (AvgIpc) is 2.61. The predicted octanol–water partition coefficient (Wildman–Crippen LogP) is 2.10. The molecule has 1 fully saturated rings. The summed E-state index contributed by atoms with van der Waals surface area (Å²) in [7, 11) is 0. The average molecular weight is 271 g/mol. The summed E-state index contributed by atoms with van der Waals surface area (Å²) in [6.07, 6.45) is 6.02. The van der Waals surface area contributed by atoms with Gasteiger partial charge in [0.25, 0.3) is 0 Å². The van der Waals surface area contributed by atoms with E-state index in [0.717, 1.165) is 32.1 Å². The number of amides is 1. The first kappa shape index (κ1) is 16.0. The zero-order valence-corrected chi connectivity index (χ0v) is 11.7. The predicted molar refractivity (Wildman–Crippen MR) is 71.9 cm³/mol. The van der Waals surface area contributed by atoms with E-state index in [4.69, 9.17) is 4.74 Å². The molecule has 0 heterocycles. The van der Waals surface area contributed by atoms with Crippen molar-refractivity contribution < 1.29 is 19.4 Å². The highest BCUT2D eigenvalue weighted by Gasteiger charge is 2.39. The molecule has 1 aliphatic carbocycles. The van der Waals surface area contributed by atoms with Crippen molar-refractivity contribution >= 4 is 11.9 Å². The Labute approximate surface area is 114 Å². The van der Waals surface area contributed by atoms with Crippen molar-refractivity contribution in [3.63, 3.8) is 0 Å². The zero-order chi connectivity index (χ0) is 14.1. The van der Waals surface area contributed by atoms with Gasteiger partial charge in [0.2, 0.25) is 5.91 Å². The largest absolute Gasteiger partial charge is 0.480 e. The second-order valence-corrected chi connectivity index (χ2v) is 5.21.